The van der Waals surface area contributed by atoms with Crippen LogP contribution in [0.1, 0.15) is 15.9 Å². The number of amides is 1. The molecule has 88 valence electrons. The van der Waals surface area contributed by atoms with Crippen LogP contribution in [-0.2, 0) is 6.18 Å². The smallest absolute Gasteiger partial charge is 0.420 e. The number of carbonyl (C=O) groups is 1. The van der Waals surface area contributed by atoms with Crippen LogP contribution in [-0.4, -0.2) is 13.0 Å². The zero-order valence-electron chi connectivity index (χ0n) is 8.06. The number of rotatable bonds is 2. The van der Waals surface area contributed by atoms with Crippen LogP contribution in [0.5, 0.6) is 5.75 Å². The van der Waals surface area contributed by atoms with E-state index in [0.29, 0.717) is 12.1 Å². The van der Waals surface area contributed by atoms with E-state index in [4.69, 9.17) is 5.73 Å². The first kappa shape index (κ1) is 12.3. The molecule has 0 saturated heterocycles. The molecule has 1 amide bonds. The minimum Gasteiger partial charge on any atom is -0.493 e. The number of nitrogens with two attached hydrogens (primary N) is 1. The number of methoxy groups -OCH3 is 1. The van der Waals surface area contributed by atoms with Crippen LogP contribution in [0.3, 0.4) is 0 Å². The Morgan fingerprint density at radius 2 is 1.94 bits per heavy atom. The lowest BCUT2D eigenvalue weighted by atomic mass is 10.1. The highest BCUT2D eigenvalue weighted by Crippen LogP contribution is 2.38. The molecule has 0 bridgehead atoms. The van der Waals surface area contributed by atoms with Crippen LogP contribution in [0.25, 0.3) is 0 Å². The minimum absolute atomic E-state index is 0.449. The fourth-order valence-electron chi connectivity index (χ4n) is 1.15. The van der Waals surface area contributed by atoms with Crippen molar-refractivity contribution in [2.75, 3.05) is 7.11 Å². The Kier molecular flexibility index (Phi) is 3.06. The molecule has 1 aromatic rings. The number of ether oxygens (including phenoxy) is 1. The van der Waals surface area contributed by atoms with Crippen LogP contribution in [0, 0.1) is 5.82 Å². The van der Waals surface area contributed by atoms with Crippen molar-refractivity contribution in [1.82, 2.24) is 0 Å². The number of halogens is 4. The summed E-state index contributed by atoms with van der Waals surface area (Å²) in [5.74, 6) is -3.39. The standard InChI is InChI=1S/C9H7F4NO2/c1-16-7-5(9(11,12)13)2-4(8(14)15)3-6(7)10/h2-3H,1H3,(H2,14,15). The number of primary amides is 1. The second-order valence-electron chi connectivity index (χ2n) is 2.90. The van der Waals surface area contributed by atoms with E-state index in [0.717, 1.165) is 7.11 Å². The van der Waals surface area contributed by atoms with Gasteiger partial charge in [0.15, 0.2) is 11.6 Å². The third-order valence-corrected chi connectivity index (χ3v) is 1.84. The molecule has 1 aromatic carbocycles. The highest BCUT2D eigenvalue weighted by Gasteiger charge is 2.36. The number of hydrogen-bond acceptors (Lipinski definition) is 2. The maximum Gasteiger partial charge on any atom is 0.420 e. The number of carbonyl (C=O) groups excluding carboxylic acids is 1. The molecule has 0 unspecified atom stereocenters. The van der Waals surface area contributed by atoms with E-state index in [-0.39, 0.29) is 0 Å². The second kappa shape index (κ2) is 3.99. The van der Waals surface area contributed by atoms with Gasteiger partial charge in [-0.3, -0.25) is 4.79 Å². The molecule has 7 heteroatoms. The summed E-state index contributed by atoms with van der Waals surface area (Å²) in [6, 6.07) is 1.04. The van der Waals surface area contributed by atoms with Gasteiger partial charge in [0, 0.05) is 5.56 Å². The van der Waals surface area contributed by atoms with Crippen LogP contribution < -0.4 is 10.5 Å². The van der Waals surface area contributed by atoms with Gasteiger partial charge in [0.05, 0.1) is 7.11 Å². The molecular weight excluding hydrogens is 230 g/mol. The van der Waals surface area contributed by atoms with Crippen molar-refractivity contribution in [2.24, 2.45) is 5.73 Å². The van der Waals surface area contributed by atoms with E-state index in [9.17, 15) is 22.4 Å². The highest BCUT2D eigenvalue weighted by molar-refractivity contribution is 5.93. The second-order valence-corrected chi connectivity index (χ2v) is 2.90. The lowest BCUT2D eigenvalue weighted by Crippen LogP contribution is -2.15. The lowest BCUT2D eigenvalue weighted by molar-refractivity contribution is -0.139. The average molecular weight is 237 g/mol. The van der Waals surface area contributed by atoms with Gasteiger partial charge in [-0.15, -0.1) is 0 Å². The molecule has 0 aromatic heterocycles. The Hall–Kier alpha value is -1.79. The summed E-state index contributed by atoms with van der Waals surface area (Å²) in [5.41, 5.74) is 2.84. The Bertz CT molecular complexity index is 428. The van der Waals surface area contributed by atoms with Gasteiger partial charge in [0.1, 0.15) is 5.56 Å². The summed E-state index contributed by atoms with van der Waals surface area (Å²) in [5, 5.41) is 0. The Balaban J connectivity index is 3.49. The summed E-state index contributed by atoms with van der Waals surface area (Å²) in [7, 11) is 0.900. The van der Waals surface area contributed by atoms with Gasteiger partial charge in [-0.2, -0.15) is 13.2 Å². The van der Waals surface area contributed by atoms with E-state index in [1.807, 2.05) is 0 Å². The van der Waals surface area contributed by atoms with Crippen molar-refractivity contribution in [3.05, 3.63) is 29.1 Å². The van der Waals surface area contributed by atoms with Gasteiger partial charge >= 0.3 is 6.18 Å². The molecule has 0 spiro atoms. The van der Waals surface area contributed by atoms with Crippen molar-refractivity contribution >= 4 is 5.91 Å². The molecule has 16 heavy (non-hydrogen) atoms. The van der Waals surface area contributed by atoms with E-state index < -0.39 is 34.8 Å². The molecule has 0 aliphatic carbocycles. The molecule has 1 rings (SSSR count). The maximum absolute atomic E-state index is 13.2. The molecule has 0 aliphatic rings. The van der Waals surface area contributed by atoms with Gasteiger partial charge < -0.3 is 10.5 Å². The van der Waals surface area contributed by atoms with Crippen LogP contribution >= 0.6 is 0 Å². The SMILES string of the molecule is COc1c(F)cc(C(N)=O)cc1C(F)(F)F. The fraction of sp³-hybridized carbons (Fsp3) is 0.222. The number of benzene rings is 1. The van der Waals surface area contributed by atoms with E-state index >= 15 is 0 Å². The zero-order valence-corrected chi connectivity index (χ0v) is 8.06. The van der Waals surface area contributed by atoms with Crippen LogP contribution in [0.2, 0.25) is 0 Å². The van der Waals surface area contributed by atoms with Gasteiger partial charge in [0.25, 0.3) is 0 Å². The van der Waals surface area contributed by atoms with Crippen molar-refractivity contribution in [2.45, 2.75) is 6.18 Å². The van der Waals surface area contributed by atoms with Crippen molar-refractivity contribution in [3.63, 3.8) is 0 Å². The van der Waals surface area contributed by atoms with E-state index in [1.165, 1.54) is 0 Å². The largest absolute Gasteiger partial charge is 0.493 e. The van der Waals surface area contributed by atoms with Crippen molar-refractivity contribution < 1.29 is 27.1 Å². The average Bonchev–Trinajstić information content (AvgIpc) is 2.14. The van der Waals surface area contributed by atoms with Gasteiger partial charge in [-0.1, -0.05) is 0 Å². The van der Waals surface area contributed by atoms with Gasteiger partial charge in [0.2, 0.25) is 5.91 Å². The maximum atomic E-state index is 13.2. The molecule has 3 nitrogen and oxygen atoms in total. The third-order valence-electron chi connectivity index (χ3n) is 1.84. The first-order valence-electron chi connectivity index (χ1n) is 4.02. The summed E-state index contributed by atoms with van der Waals surface area (Å²) in [6.07, 6.45) is -4.82. The lowest BCUT2D eigenvalue weighted by Gasteiger charge is -2.13. The molecule has 0 fully saturated rings. The highest BCUT2D eigenvalue weighted by atomic mass is 19.4. The summed E-state index contributed by atoms with van der Waals surface area (Å²) < 4.78 is 54.8. The van der Waals surface area contributed by atoms with Gasteiger partial charge in [-0.05, 0) is 12.1 Å². The third kappa shape index (κ3) is 2.23. The predicted octanol–water partition coefficient (Wildman–Crippen LogP) is 1.95. The normalized spacial score (nSPS) is 11.3. The Morgan fingerprint density at radius 1 is 1.38 bits per heavy atom. The topological polar surface area (TPSA) is 52.3 Å². The molecule has 0 aliphatic heterocycles. The predicted molar refractivity (Wildman–Crippen MR) is 46.5 cm³/mol. The number of hydrogen-bond donors (Lipinski definition) is 1. The summed E-state index contributed by atoms with van der Waals surface area (Å²) in [6.45, 7) is 0. The Labute approximate surface area is 87.8 Å². The minimum atomic E-state index is -4.82. The fourth-order valence-corrected chi connectivity index (χ4v) is 1.15. The Morgan fingerprint density at radius 3 is 2.31 bits per heavy atom. The molecule has 2 N–H and O–H groups in total. The van der Waals surface area contributed by atoms with E-state index in [2.05, 4.69) is 4.74 Å². The van der Waals surface area contributed by atoms with Crippen molar-refractivity contribution in [1.29, 1.82) is 0 Å². The van der Waals surface area contributed by atoms with Gasteiger partial charge in [-0.25, -0.2) is 4.39 Å². The first-order chi connectivity index (χ1) is 7.27. The molecule has 0 heterocycles. The quantitative estimate of drug-likeness (QED) is 0.799. The summed E-state index contributed by atoms with van der Waals surface area (Å²) in [4.78, 5) is 10.7. The molecule has 0 atom stereocenters. The zero-order chi connectivity index (χ0) is 12.5. The molecule has 0 saturated carbocycles. The summed E-state index contributed by atoms with van der Waals surface area (Å²) >= 11 is 0. The van der Waals surface area contributed by atoms with Crippen LogP contribution in [0.4, 0.5) is 17.6 Å². The van der Waals surface area contributed by atoms with Crippen molar-refractivity contribution in [3.8, 4) is 5.75 Å². The molecule has 0 radical (unpaired) electrons. The van der Waals surface area contributed by atoms with Crippen LogP contribution in [0.15, 0.2) is 12.1 Å². The van der Waals surface area contributed by atoms with E-state index in [1.54, 1.807) is 0 Å². The monoisotopic (exact) mass is 237 g/mol. The first-order valence-corrected chi connectivity index (χ1v) is 4.02. The number of alkyl halides is 3. The molecular formula is C9H7F4NO2.